The average molecular weight is 413 g/mol. The standard InChI is InChI=1S/C26H28N4O/c1-3-29(23-16-10-11-20(2)19-23)17-18-30-24(31)26(28-25(30)27,21-12-6-4-7-13-21)22-14-8-5-9-15-22/h4-16,19H,3,17-18H2,1-2H3,(H2,27,28). The molecule has 3 aromatic carbocycles. The minimum Gasteiger partial charge on any atom is -0.370 e. The van der Waals surface area contributed by atoms with Crippen LogP contribution in [0.25, 0.3) is 0 Å². The van der Waals surface area contributed by atoms with Gasteiger partial charge in [0.2, 0.25) is 0 Å². The molecule has 3 aromatic rings. The largest absolute Gasteiger partial charge is 0.370 e. The third kappa shape index (κ3) is 3.79. The van der Waals surface area contributed by atoms with E-state index in [1.807, 2.05) is 60.7 Å². The summed E-state index contributed by atoms with van der Waals surface area (Å²) in [5, 5.41) is 0. The molecule has 1 aliphatic heterocycles. The summed E-state index contributed by atoms with van der Waals surface area (Å²) in [4.78, 5) is 22.5. The van der Waals surface area contributed by atoms with Crippen LogP contribution in [0.5, 0.6) is 0 Å². The van der Waals surface area contributed by atoms with E-state index in [-0.39, 0.29) is 11.9 Å². The molecule has 5 heteroatoms. The maximum atomic E-state index is 13.8. The Balaban J connectivity index is 1.64. The summed E-state index contributed by atoms with van der Waals surface area (Å²) in [5.41, 5.74) is 9.20. The molecule has 5 nitrogen and oxygen atoms in total. The molecule has 2 N–H and O–H groups in total. The molecular weight excluding hydrogens is 384 g/mol. The number of likely N-dealkylation sites (N-methyl/N-ethyl adjacent to an activating group) is 1. The summed E-state index contributed by atoms with van der Waals surface area (Å²) < 4.78 is 0. The molecule has 0 unspecified atom stereocenters. The first-order valence-corrected chi connectivity index (χ1v) is 10.7. The van der Waals surface area contributed by atoms with Crippen molar-refractivity contribution in [1.82, 2.24) is 4.90 Å². The van der Waals surface area contributed by atoms with E-state index >= 15 is 0 Å². The van der Waals surface area contributed by atoms with Gasteiger partial charge in [-0.1, -0.05) is 72.8 Å². The summed E-state index contributed by atoms with van der Waals surface area (Å²) in [6.07, 6.45) is 0. The molecule has 0 bridgehead atoms. The van der Waals surface area contributed by atoms with Gasteiger partial charge in [0, 0.05) is 25.3 Å². The van der Waals surface area contributed by atoms with Crippen LogP contribution in [-0.2, 0) is 10.3 Å². The number of amides is 1. The van der Waals surface area contributed by atoms with Crippen molar-refractivity contribution in [2.45, 2.75) is 19.4 Å². The van der Waals surface area contributed by atoms with Gasteiger partial charge in [-0.25, -0.2) is 4.99 Å². The number of carbonyl (C=O) groups is 1. The van der Waals surface area contributed by atoms with Crippen molar-refractivity contribution in [3.05, 3.63) is 102 Å². The van der Waals surface area contributed by atoms with Crippen molar-refractivity contribution in [3.8, 4) is 0 Å². The molecule has 0 spiro atoms. The lowest BCUT2D eigenvalue weighted by Gasteiger charge is -2.29. The maximum absolute atomic E-state index is 13.8. The number of aliphatic imine (C=N–C) groups is 1. The van der Waals surface area contributed by atoms with Gasteiger partial charge < -0.3 is 10.6 Å². The molecule has 0 atom stereocenters. The third-order valence-electron chi connectivity index (χ3n) is 5.84. The SMILES string of the molecule is CCN(CCN1C(=O)C(c2ccccc2)(c2ccccc2)N=C1N)c1cccc(C)c1. The monoisotopic (exact) mass is 412 g/mol. The minimum atomic E-state index is -1.15. The van der Waals surface area contributed by atoms with Crippen LogP contribution in [-0.4, -0.2) is 36.4 Å². The van der Waals surface area contributed by atoms with E-state index in [1.165, 1.54) is 5.56 Å². The molecule has 0 fully saturated rings. The number of aryl methyl sites for hydroxylation is 1. The molecule has 0 aromatic heterocycles. The first kappa shape index (κ1) is 20.7. The fourth-order valence-electron chi connectivity index (χ4n) is 4.21. The van der Waals surface area contributed by atoms with Gasteiger partial charge in [0.15, 0.2) is 11.5 Å². The highest BCUT2D eigenvalue weighted by Crippen LogP contribution is 2.39. The Kier molecular flexibility index (Phi) is 5.76. The number of guanidine groups is 1. The van der Waals surface area contributed by atoms with Crippen LogP contribution in [0.2, 0.25) is 0 Å². The van der Waals surface area contributed by atoms with Gasteiger partial charge in [0.25, 0.3) is 5.91 Å². The molecule has 31 heavy (non-hydrogen) atoms. The van der Waals surface area contributed by atoms with E-state index in [9.17, 15) is 4.79 Å². The molecule has 158 valence electrons. The first-order chi connectivity index (χ1) is 15.1. The summed E-state index contributed by atoms with van der Waals surface area (Å²) in [7, 11) is 0. The van der Waals surface area contributed by atoms with Crippen molar-refractivity contribution in [2.24, 2.45) is 10.7 Å². The fraction of sp³-hybridized carbons (Fsp3) is 0.231. The Morgan fingerprint density at radius 1 is 0.935 bits per heavy atom. The normalized spacial score (nSPS) is 15.1. The zero-order valence-electron chi connectivity index (χ0n) is 18.0. The smallest absolute Gasteiger partial charge is 0.266 e. The van der Waals surface area contributed by atoms with Gasteiger partial charge in [0.1, 0.15) is 0 Å². The summed E-state index contributed by atoms with van der Waals surface area (Å²) >= 11 is 0. The molecule has 0 aliphatic carbocycles. The Labute approximate surface area is 183 Å². The molecule has 1 heterocycles. The van der Waals surface area contributed by atoms with E-state index in [4.69, 9.17) is 10.7 Å². The summed E-state index contributed by atoms with van der Waals surface area (Å²) in [6.45, 7) is 6.17. The van der Waals surface area contributed by atoms with Crippen LogP contribution in [0.1, 0.15) is 23.6 Å². The van der Waals surface area contributed by atoms with Crippen molar-refractivity contribution in [2.75, 3.05) is 24.5 Å². The molecule has 1 amide bonds. The van der Waals surface area contributed by atoms with Crippen molar-refractivity contribution >= 4 is 17.6 Å². The number of benzene rings is 3. The van der Waals surface area contributed by atoms with Gasteiger partial charge in [-0.15, -0.1) is 0 Å². The molecular formula is C26H28N4O. The minimum absolute atomic E-state index is 0.109. The lowest BCUT2D eigenvalue weighted by molar-refractivity contribution is -0.130. The van der Waals surface area contributed by atoms with Crippen LogP contribution in [0, 0.1) is 6.92 Å². The molecule has 0 radical (unpaired) electrons. The zero-order valence-corrected chi connectivity index (χ0v) is 18.0. The molecule has 4 rings (SSSR count). The van der Waals surface area contributed by atoms with Gasteiger partial charge in [0.05, 0.1) is 0 Å². The molecule has 1 aliphatic rings. The second-order valence-corrected chi connectivity index (χ2v) is 7.79. The van der Waals surface area contributed by atoms with Crippen LogP contribution >= 0.6 is 0 Å². The number of hydrogen-bond donors (Lipinski definition) is 1. The number of nitrogens with two attached hydrogens (primary N) is 1. The predicted molar refractivity (Wildman–Crippen MR) is 126 cm³/mol. The summed E-state index contributed by atoms with van der Waals surface area (Å²) in [6, 6.07) is 27.7. The van der Waals surface area contributed by atoms with Gasteiger partial charge >= 0.3 is 0 Å². The third-order valence-corrected chi connectivity index (χ3v) is 5.84. The lowest BCUT2D eigenvalue weighted by atomic mass is 9.83. The number of anilines is 1. The second kappa shape index (κ2) is 8.64. The van der Waals surface area contributed by atoms with Crippen LogP contribution < -0.4 is 10.6 Å². The second-order valence-electron chi connectivity index (χ2n) is 7.79. The molecule has 0 saturated carbocycles. The highest BCUT2D eigenvalue weighted by Gasteiger charge is 2.50. The first-order valence-electron chi connectivity index (χ1n) is 10.7. The van der Waals surface area contributed by atoms with Gasteiger partial charge in [-0.05, 0) is 42.7 Å². The maximum Gasteiger partial charge on any atom is 0.266 e. The van der Waals surface area contributed by atoms with E-state index < -0.39 is 5.54 Å². The Morgan fingerprint density at radius 3 is 2.10 bits per heavy atom. The number of hydrogen-bond acceptors (Lipinski definition) is 4. The number of rotatable bonds is 7. The number of carbonyl (C=O) groups excluding carboxylic acids is 1. The van der Waals surface area contributed by atoms with E-state index in [2.05, 4.69) is 43.0 Å². The van der Waals surface area contributed by atoms with Gasteiger partial charge in [-0.2, -0.15) is 0 Å². The highest BCUT2D eigenvalue weighted by atomic mass is 16.2. The van der Waals surface area contributed by atoms with Gasteiger partial charge in [-0.3, -0.25) is 9.69 Å². The summed E-state index contributed by atoms with van der Waals surface area (Å²) in [5.74, 6) is 0.153. The average Bonchev–Trinajstić information content (AvgIpc) is 3.06. The highest BCUT2D eigenvalue weighted by molar-refractivity contribution is 6.09. The topological polar surface area (TPSA) is 61.9 Å². The van der Waals surface area contributed by atoms with E-state index in [0.29, 0.717) is 13.1 Å². The number of nitrogens with zero attached hydrogens (tertiary/aromatic N) is 3. The van der Waals surface area contributed by atoms with Crippen LogP contribution in [0.4, 0.5) is 5.69 Å². The predicted octanol–water partition coefficient (Wildman–Crippen LogP) is 3.92. The Hall–Kier alpha value is -3.60. The van der Waals surface area contributed by atoms with Crippen molar-refractivity contribution in [1.29, 1.82) is 0 Å². The van der Waals surface area contributed by atoms with Crippen LogP contribution in [0.15, 0.2) is 89.9 Å². The van der Waals surface area contributed by atoms with E-state index in [0.717, 1.165) is 23.4 Å². The molecule has 0 saturated heterocycles. The van der Waals surface area contributed by atoms with Crippen molar-refractivity contribution in [3.63, 3.8) is 0 Å². The lowest BCUT2D eigenvalue weighted by Crippen LogP contribution is -2.46. The quantitative estimate of drug-likeness (QED) is 0.640. The Morgan fingerprint density at radius 2 is 1.55 bits per heavy atom. The zero-order chi connectivity index (χ0) is 21.8. The van der Waals surface area contributed by atoms with Crippen molar-refractivity contribution < 1.29 is 4.79 Å². The van der Waals surface area contributed by atoms with Crippen LogP contribution in [0.3, 0.4) is 0 Å². The fourth-order valence-corrected chi connectivity index (χ4v) is 4.21. The van der Waals surface area contributed by atoms with E-state index in [1.54, 1.807) is 4.90 Å². The Bertz CT molecular complexity index is 1040.